The van der Waals surface area contributed by atoms with Crippen molar-refractivity contribution in [1.82, 2.24) is 0 Å². The van der Waals surface area contributed by atoms with E-state index in [1.54, 1.807) is 6.07 Å². The van der Waals surface area contributed by atoms with E-state index in [1.165, 1.54) is 29.5 Å². The molecule has 1 aromatic heterocycles. The summed E-state index contributed by atoms with van der Waals surface area (Å²) in [6.07, 6.45) is 0. The van der Waals surface area contributed by atoms with E-state index in [0.29, 0.717) is 15.6 Å². The second kappa shape index (κ2) is 5.30. The van der Waals surface area contributed by atoms with Crippen LogP contribution in [-0.4, -0.2) is 5.78 Å². The van der Waals surface area contributed by atoms with Gasteiger partial charge in [-0.25, -0.2) is 4.39 Å². The zero-order valence-electron chi connectivity index (χ0n) is 8.14. The summed E-state index contributed by atoms with van der Waals surface area (Å²) < 4.78 is 15.3. The van der Waals surface area contributed by atoms with Crippen molar-refractivity contribution >= 4 is 64.9 Å². The number of carbonyl (C=O) groups is 1. The Balaban J connectivity index is 2.50. The highest BCUT2D eigenvalue weighted by atomic mass is 79.9. The lowest BCUT2D eigenvalue weighted by atomic mass is 10.1. The van der Waals surface area contributed by atoms with Gasteiger partial charge in [-0.2, -0.15) is 0 Å². The minimum atomic E-state index is -0.429. The third-order valence-corrected chi connectivity index (χ3v) is 5.11. The summed E-state index contributed by atoms with van der Waals surface area (Å²) >= 11 is 11.3. The molecule has 0 fully saturated rings. The van der Waals surface area contributed by atoms with Crippen molar-refractivity contribution < 1.29 is 9.18 Å². The van der Waals surface area contributed by atoms with E-state index in [4.69, 9.17) is 0 Å². The fourth-order valence-electron chi connectivity index (χ4n) is 1.31. The van der Waals surface area contributed by atoms with Crippen LogP contribution in [-0.2, 0) is 0 Å². The summed E-state index contributed by atoms with van der Waals surface area (Å²) in [5.41, 5.74) is 0.837. The van der Waals surface area contributed by atoms with Gasteiger partial charge in [0.1, 0.15) is 5.82 Å². The van der Waals surface area contributed by atoms with Crippen molar-refractivity contribution in [2.45, 2.75) is 0 Å². The van der Waals surface area contributed by atoms with Crippen LogP contribution in [0.25, 0.3) is 0 Å². The summed E-state index contributed by atoms with van der Waals surface area (Å²) in [7, 11) is 0. The molecule has 0 bridgehead atoms. The molecule has 0 aliphatic heterocycles. The molecule has 88 valence electrons. The van der Waals surface area contributed by atoms with Crippen molar-refractivity contribution in [2.24, 2.45) is 0 Å². The Morgan fingerprint density at radius 3 is 2.41 bits per heavy atom. The molecule has 1 heterocycles. The van der Waals surface area contributed by atoms with E-state index >= 15 is 0 Å². The van der Waals surface area contributed by atoms with Crippen LogP contribution >= 0.6 is 59.1 Å². The van der Waals surface area contributed by atoms with Gasteiger partial charge < -0.3 is 0 Å². The van der Waals surface area contributed by atoms with Gasteiger partial charge in [0.15, 0.2) is 5.78 Å². The molecule has 0 saturated heterocycles. The second-order valence-corrected chi connectivity index (χ2v) is 7.79. The summed E-state index contributed by atoms with van der Waals surface area (Å²) in [5, 5.41) is 0. The minimum absolute atomic E-state index is 0.217. The molecule has 1 aromatic carbocycles. The third-order valence-electron chi connectivity index (χ3n) is 2.07. The average Bonchev–Trinajstić information content (AvgIpc) is 2.60. The maximum atomic E-state index is 13.1. The Hall–Kier alpha value is -0.0400. The molecule has 2 rings (SSSR count). The first-order valence-electron chi connectivity index (χ1n) is 4.43. The Morgan fingerprint density at radius 2 is 1.82 bits per heavy atom. The quantitative estimate of drug-likeness (QED) is 0.569. The fraction of sp³-hybridized carbons (Fsp3) is 0. The van der Waals surface area contributed by atoms with Crippen molar-refractivity contribution in [3.05, 3.63) is 53.3 Å². The first kappa shape index (κ1) is 13.4. The monoisotopic (exact) mass is 440 g/mol. The van der Waals surface area contributed by atoms with Crippen LogP contribution in [0.4, 0.5) is 4.39 Å². The summed E-state index contributed by atoms with van der Waals surface area (Å²) in [6, 6.07) is 5.77. The summed E-state index contributed by atoms with van der Waals surface area (Å²) in [6.45, 7) is 0. The molecule has 6 heteroatoms. The van der Waals surface area contributed by atoms with Gasteiger partial charge in [0.25, 0.3) is 0 Å². The highest BCUT2D eigenvalue weighted by molar-refractivity contribution is 9.12. The number of benzene rings is 1. The van der Waals surface area contributed by atoms with E-state index in [1.807, 2.05) is 0 Å². The largest absolute Gasteiger partial charge is 0.288 e. The standard InChI is InChI=1S/C11H4Br3FOS/c12-8-2-1-5(15)3-6(8)10(16)7-4-9(13)17-11(7)14/h1-4H. The normalized spacial score (nSPS) is 10.6. The molecule has 17 heavy (non-hydrogen) atoms. The first-order chi connectivity index (χ1) is 7.99. The van der Waals surface area contributed by atoms with Crippen molar-refractivity contribution in [3.63, 3.8) is 0 Å². The molecule has 0 amide bonds. The van der Waals surface area contributed by atoms with Crippen LogP contribution in [0.3, 0.4) is 0 Å². The summed E-state index contributed by atoms with van der Waals surface area (Å²) in [5.74, 6) is -0.646. The van der Waals surface area contributed by atoms with Crippen molar-refractivity contribution in [3.8, 4) is 0 Å². The zero-order chi connectivity index (χ0) is 12.6. The van der Waals surface area contributed by atoms with Gasteiger partial charge in [0, 0.05) is 15.6 Å². The number of thiophene rings is 1. The molecule has 0 N–H and O–H groups in total. The minimum Gasteiger partial charge on any atom is -0.288 e. The highest BCUT2D eigenvalue weighted by Crippen LogP contribution is 2.34. The van der Waals surface area contributed by atoms with Crippen LogP contribution in [0.2, 0.25) is 0 Å². The van der Waals surface area contributed by atoms with Gasteiger partial charge in [-0.1, -0.05) is 15.9 Å². The number of ketones is 1. The van der Waals surface area contributed by atoms with E-state index in [2.05, 4.69) is 47.8 Å². The lowest BCUT2D eigenvalue weighted by Gasteiger charge is -2.02. The highest BCUT2D eigenvalue weighted by Gasteiger charge is 2.18. The SMILES string of the molecule is O=C(c1cc(F)ccc1Br)c1cc(Br)sc1Br. The lowest BCUT2D eigenvalue weighted by Crippen LogP contribution is -2.02. The number of carbonyl (C=O) groups excluding carboxylic acids is 1. The Labute approximate surface area is 126 Å². The van der Waals surface area contributed by atoms with Gasteiger partial charge in [-0.05, 0) is 56.1 Å². The molecule has 0 atom stereocenters. The lowest BCUT2D eigenvalue weighted by molar-refractivity contribution is 0.103. The van der Waals surface area contributed by atoms with Crippen molar-refractivity contribution in [2.75, 3.05) is 0 Å². The molecule has 0 aliphatic carbocycles. The smallest absolute Gasteiger partial charge is 0.196 e. The number of rotatable bonds is 2. The Morgan fingerprint density at radius 1 is 1.12 bits per heavy atom. The third kappa shape index (κ3) is 2.86. The first-order valence-corrected chi connectivity index (χ1v) is 7.63. The molecule has 0 radical (unpaired) electrons. The van der Waals surface area contributed by atoms with Crippen LogP contribution in [0.1, 0.15) is 15.9 Å². The van der Waals surface area contributed by atoms with Gasteiger partial charge in [0.2, 0.25) is 0 Å². The van der Waals surface area contributed by atoms with Gasteiger partial charge in [0.05, 0.1) is 7.57 Å². The van der Waals surface area contributed by atoms with Crippen molar-refractivity contribution in [1.29, 1.82) is 0 Å². The molecular formula is C11H4Br3FOS. The van der Waals surface area contributed by atoms with Gasteiger partial charge in [-0.15, -0.1) is 11.3 Å². The number of halogens is 4. The van der Waals surface area contributed by atoms with Gasteiger partial charge >= 0.3 is 0 Å². The molecule has 2 aromatic rings. The zero-order valence-corrected chi connectivity index (χ0v) is 13.7. The Kier molecular flexibility index (Phi) is 4.18. The molecule has 0 aliphatic rings. The van der Waals surface area contributed by atoms with E-state index in [9.17, 15) is 9.18 Å². The Bertz CT molecular complexity index is 594. The van der Waals surface area contributed by atoms with Crippen LogP contribution in [0.5, 0.6) is 0 Å². The maximum Gasteiger partial charge on any atom is 0.196 e. The van der Waals surface area contributed by atoms with Crippen LogP contribution < -0.4 is 0 Å². The van der Waals surface area contributed by atoms with E-state index in [0.717, 1.165) is 7.57 Å². The predicted octanol–water partition coefficient (Wildman–Crippen LogP) is 5.41. The second-order valence-electron chi connectivity index (χ2n) is 3.19. The average molecular weight is 443 g/mol. The number of hydrogen-bond acceptors (Lipinski definition) is 2. The molecule has 1 nitrogen and oxygen atoms in total. The molecule has 0 unspecified atom stereocenters. The molecule has 0 spiro atoms. The van der Waals surface area contributed by atoms with E-state index in [-0.39, 0.29) is 5.78 Å². The van der Waals surface area contributed by atoms with E-state index < -0.39 is 5.82 Å². The fourth-order valence-corrected chi connectivity index (χ4v) is 4.53. The molecule has 0 saturated carbocycles. The van der Waals surface area contributed by atoms with Crippen LogP contribution in [0, 0.1) is 5.82 Å². The number of hydrogen-bond donors (Lipinski definition) is 0. The maximum absolute atomic E-state index is 13.1. The summed E-state index contributed by atoms with van der Waals surface area (Å²) in [4.78, 5) is 12.2. The molecular weight excluding hydrogens is 439 g/mol. The van der Waals surface area contributed by atoms with Crippen LogP contribution in [0.15, 0.2) is 36.3 Å². The van der Waals surface area contributed by atoms with Gasteiger partial charge in [-0.3, -0.25) is 4.79 Å². The topological polar surface area (TPSA) is 17.1 Å². The predicted molar refractivity (Wildman–Crippen MR) is 77.3 cm³/mol.